The van der Waals surface area contributed by atoms with Crippen LogP contribution in [0.5, 0.6) is 11.5 Å². The molecule has 224 valence electrons. The molecule has 4 aromatic carbocycles. The molecule has 0 unspecified atom stereocenters. The van der Waals surface area contributed by atoms with Crippen molar-refractivity contribution in [1.82, 2.24) is 14.5 Å². The maximum Gasteiger partial charge on any atom is 0.336 e. The maximum atomic E-state index is 13.9. The van der Waals surface area contributed by atoms with Crippen molar-refractivity contribution < 1.29 is 19.1 Å². The summed E-state index contributed by atoms with van der Waals surface area (Å²) in [6.07, 6.45) is 0. The van der Waals surface area contributed by atoms with Crippen molar-refractivity contribution in [2.24, 2.45) is 0 Å². The number of carbonyl (C=O) groups excluding carboxylic acids is 2. The van der Waals surface area contributed by atoms with Gasteiger partial charge >= 0.3 is 5.69 Å². The molecule has 0 radical (unpaired) electrons. The van der Waals surface area contributed by atoms with Gasteiger partial charge in [0.2, 0.25) is 5.91 Å². The molecule has 0 saturated carbocycles. The first-order chi connectivity index (χ1) is 21.3. The van der Waals surface area contributed by atoms with Gasteiger partial charge in [-0.2, -0.15) is 0 Å². The Hall–Kier alpha value is -5.64. The molecular weight excluding hydrogens is 560 g/mol. The molecule has 44 heavy (non-hydrogen) atoms. The number of methoxy groups -OCH3 is 1. The summed E-state index contributed by atoms with van der Waals surface area (Å²) in [6, 6.07) is 25.6. The van der Waals surface area contributed by atoms with Crippen LogP contribution in [-0.2, 0) is 17.9 Å². The van der Waals surface area contributed by atoms with Crippen LogP contribution in [0.2, 0.25) is 0 Å². The molecule has 5 aromatic rings. The number of rotatable bonds is 10. The molecule has 0 bridgehead atoms. The number of ether oxygens (including phenoxy) is 2. The van der Waals surface area contributed by atoms with Crippen LogP contribution in [0.3, 0.4) is 0 Å². The monoisotopic (exact) mass is 592 g/mol. The first-order valence-corrected chi connectivity index (χ1v) is 14.1. The Morgan fingerprint density at radius 2 is 1.52 bits per heavy atom. The molecule has 0 saturated heterocycles. The number of amides is 2. The van der Waals surface area contributed by atoms with Crippen molar-refractivity contribution in [3.05, 3.63) is 129 Å². The number of benzene rings is 4. The SMILES string of the molecule is CCOc1ccc(NC(=O)Cn2c(=O)n(-c3ccc(OC)cc3)c(=O)c3ccc(C(=O)NCc4ccc(C)cc4)cc32)cc1. The second-order valence-corrected chi connectivity index (χ2v) is 10.1. The summed E-state index contributed by atoms with van der Waals surface area (Å²) >= 11 is 0. The average molecular weight is 593 g/mol. The van der Waals surface area contributed by atoms with Crippen LogP contribution >= 0.6 is 0 Å². The van der Waals surface area contributed by atoms with E-state index in [-0.39, 0.29) is 22.4 Å². The lowest BCUT2D eigenvalue weighted by molar-refractivity contribution is -0.116. The fraction of sp³-hybridized carbons (Fsp3) is 0.176. The molecule has 2 amide bonds. The highest BCUT2D eigenvalue weighted by Gasteiger charge is 2.19. The van der Waals surface area contributed by atoms with E-state index in [4.69, 9.17) is 9.47 Å². The summed E-state index contributed by atoms with van der Waals surface area (Å²) in [6.45, 7) is 4.26. The first kappa shape index (κ1) is 29.8. The van der Waals surface area contributed by atoms with Gasteiger partial charge in [-0.25, -0.2) is 9.36 Å². The normalized spacial score (nSPS) is 10.8. The van der Waals surface area contributed by atoms with Gasteiger partial charge in [0, 0.05) is 17.8 Å². The maximum absolute atomic E-state index is 13.9. The van der Waals surface area contributed by atoms with Crippen molar-refractivity contribution in [1.29, 1.82) is 0 Å². The Morgan fingerprint density at radius 3 is 2.18 bits per heavy atom. The Kier molecular flexibility index (Phi) is 8.90. The lowest BCUT2D eigenvalue weighted by Crippen LogP contribution is -2.41. The summed E-state index contributed by atoms with van der Waals surface area (Å²) in [5.41, 5.74) is 1.95. The second-order valence-electron chi connectivity index (χ2n) is 10.1. The van der Waals surface area contributed by atoms with Gasteiger partial charge in [0.15, 0.2) is 0 Å². The van der Waals surface area contributed by atoms with Crippen LogP contribution in [-0.4, -0.2) is 34.7 Å². The van der Waals surface area contributed by atoms with E-state index in [0.29, 0.717) is 36.0 Å². The molecule has 0 aliphatic heterocycles. The lowest BCUT2D eigenvalue weighted by atomic mass is 10.1. The van der Waals surface area contributed by atoms with Crippen LogP contribution < -0.4 is 31.4 Å². The van der Waals surface area contributed by atoms with Gasteiger partial charge in [-0.05, 0) is 86.1 Å². The van der Waals surface area contributed by atoms with E-state index < -0.39 is 23.7 Å². The van der Waals surface area contributed by atoms with E-state index in [9.17, 15) is 19.2 Å². The zero-order valence-corrected chi connectivity index (χ0v) is 24.6. The van der Waals surface area contributed by atoms with Gasteiger partial charge in [-0.15, -0.1) is 0 Å². The number of nitrogens with one attached hydrogen (secondary N) is 2. The molecule has 10 heteroatoms. The third kappa shape index (κ3) is 6.54. The van der Waals surface area contributed by atoms with Crippen LogP contribution in [0.1, 0.15) is 28.4 Å². The molecular formula is C34H32N4O6. The second kappa shape index (κ2) is 13.1. The highest BCUT2D eigenvalue weighted by Crippen LogP contribution is 2.18. The quantitative estimate of drug-likeness (QED) is 0.248. The summed E-state index contributed by atoms with van der Waals surface area (Å²) < 4.78 is 12.9. The minimum atomic E-state index is -0.730. The standard InChI is InChI=1S/C34H32N4O6/c1-4-44-28-14-10-25(11-15-28)36-31(39)21-37-30-19-24(32(40)35-20-23-7-5-22(2)6-8-23)9-18-29(30)33(41)38(34(37)42)26-12-16-27(43-3)17-13-26/h5-19H,4,20-21H2,1-3H3,(H,35,40)(H,36,39). The molecule has 1 aromatic heterocycles. The fourth-order valence-electron chi connectivity index (χ4n) is 4.76. The van der Waals surface area contributed by atoms with Gasteiger partial charge in [0.1, 0.15) is 18.0 Å². The minimum absolute atomic E-state index is 0.162. The van der Waals surface area contributed by atoms with E-state index in [0.717, 1.165) is 15.7 Å². The van der Waals surface area contributed by atoms with E-state index in [1.165, 1.54) is 29.9 Å². The Morgan fingerprint density at radius 1 is 0.841 bits per heavy atom. The van der Waals surface area contributed by atoms with Crippen molar-refractivity contribution in [2.45, 2.75) is 26.9 Å². The van der Waals surface area contributed by atoms with E-state index in [1.54, 1.807) is 48.5 Å². The van der Waals surface area contributed by atoms with Gasteiger partial charge in [-0.3, -0.25) is 19.0 Å². The number of hydrogen-bond donors (Lipinski definition) is 2. The van der Waals surface area contributed by atoms with E-state index in [2.05, 4.69) is 10.6 Å². The average Bonchev–Trinajstić information content (AvgIpc) is 3.04. The number of aromatic nitrogens is 2. The molecule has 10 nitrogen and oxygen atoms in total. The predicted octanol–water partition coefficient (Wildman–Crippen LogP) is 4.44. The molecule has 5 rings (SSSR count). The number of hydrogen-bond acceptors (Lipinski definition) is 6. The molecule has 0 atom stereocenters. The molecule has 1 heterocycles. The van der Waals surface area contributed by atoms with Crippen molar-refractivity contribution in [2.75, 3.05) is 19.0 Å². The van der Waals surface area contributed by atoms with Gasteiger partial charge in [0.25, 0.3) is 11.5 Å². The lowest BCUT2D eigenvalue weighted by Gasteiger charge is -2.16. The van der Waals surface area contributed by atoms with Crippen molar-refractivity contribution in [3.63, 3.8) is 0 Å². The summed E-state index contributed by atoms with van der Waals surface area (Å²) in [4.78, 5) is 53.9. The molecule has 0 aliphatic carbocycles. The van der Waals surface area contributed by atoms with Gasteiger partial charge in [0.05, 0.1) is 30.3 Å². The van der Waals surface area contributed by atoms with Crippen LogP contribution in [0.25, 0.3) is 16.6 Å². The fourth-order valence-corrected chi connectivity index (χ4v) is 4.76. The minimum Gasteiger partial charge on any atom is -0.497 e. The summed E-state index contributed by atoms with van der Waals surface area (Å²) in [5.74, 6) is 0.336. The highest BCUT2D eigenvalue weighted by molar-refractivity contribution is 5.98. The Labute approximate surface area is 253 Å². The van der Waals surface area contributed by atoms with E-state index >= 15 is 0 Å². The largest absolute Gasteiger partial charge is 0.497 e. The van der Waals surface area contributed by atoms with Crippen LogP contribution in [0, 0.1) is 6.92 Å². The number of fused-ring (bicyclic) bond motifs is 1. The Bertz CT molecular complexity index is 1930. The molecule has 0 spiro atoms. The Balaban J connectivity index is 1.53. The zero-order valence-electron chi connectivity index (χ0n) is 24.6. The van der Waals surface area contributed by atoms with Gasteiger partial charge in [-0.1, -0.05) is 29.8 Å². The van der Waals surface area contributed by atoms with E-state index in [1.807, 2.05) is 38.1 Å². The van der Waals surface area contributed by atoms with Crippen molar-refractivity contribution in [3.8, 4) is 17.2 Å². The van der Waals surface area contributed by atoms with Crippen molar-refractivity contribution >= 4 is 28.4 Å². The van der Waals surface area contributed by atoms with Crippen LogP contribution in [0.4, 0.5) is 5.69 Å². The summed E-state index contributed by atoms with van der Waals surface area (Å²) in [7, 11) is 1.52. The molecule has 0 aliphatic rings. The number of nitrogens with zero attached hydrogens (tertiary/aromatic N) is 2. The zero-order chi connectivity index (χ0) is 31.2. The molecule has 0 fully saturated rings. The van der Waals surface area contributed by atoms with Gasteiger partial charge < -0.3 is 20.1 Å². The smallest absolute Gasteiger partial charge is 0.336 e. The first-order valence-electron chi connectivity index (χ1n) is 14.1. The number of carbonyl (C=O) groups is 2. The topological polar surface area (TPSA) is 121 Å². The third-order valence-electron chi connectivity index (χ3n) is 7.06. The highest BCUT2D eigenvalue weighted by atomic mass is 16.5. The molecule has 2 N–H and O–H groups in total. The third-order valence-corrected chi connectivity index (χ3v) is 7.06. The number of aryl methyl sites for hydroxylation is 1. The summed E-state index contributed by atoms with van der Waals surface area (Å²) in [5, 5.41) is 5.83. The van der Waals surface area contributed by atoms with Crippen LogP contribution in [0.15, 0.2) is 101 Å². The predicted molar refractivity (Wildman–Crippen MR) is 169 cm³/mol. The number of anilines is 1.